The molecule has 1 heterocycles. The van der Waals surface area contributed by atoms with Gasteiger partial charge in [-0.15, -0.1) is 0 Å². The van der Waals surface area contributed by atoms with Gasteiger partial charge in [-0.1, -0.05) is 12.1 Å². The Balaban J connectivity index is 1.80. The van der Waals surface area contributed by atoms with Gasteiger partial charge in [-0.05, 0) is 43.3 Å². The predicted octanol–water partition coefficient (Wildman–Crippen LogP) is 3.95. The Morgan fingerprint density at radius 1 is 0.962 bits per heavy atom. The van der Waals surface area contributed by atoms with E-state index in [1.807, 2.05) is 55.5 Å². The standard InChI is InChI=1S/C19H21N5O2/c1-3-26-14-10-8-13(9-11-14)23-18-17(20)19(22-12-21-18)24-15-6-4-5-7-16(15)25-2/h4-12H,3,20H2,1-2H3,(H2,21,22,23,24). The minimum Gasteiger partial charge on any atom is -0.495 e. The van der Waals surface area contributed by atoms with Crippen LogP contribution in [-0.2, 0) is 0 Å². The molecule has 0 saturated carbocycles. The van der Waals surface area contributed by atoms with E-state index >= 15 is 0 Å². The molecule has 2 aromatic carbocycles. The lowest BCUT2D eigenvalue weighted by molar-refractivity contribution is 0.340. The Labute approximate surface area is 152 Å². The third-order valence-corrected chi connectivity index (χ3v) is 3.67. The van der Waals surface area contributed by atoms with Crippen LogP contribution in [0.1, 0.15) is 6.92 Å². The number of ether oxygens (including phenoxy) is 2. The van der Waals surface area contributed by atoms with E-state index in [1.165, 1.54) is 6.33 Å². The largest absolute Gasteiger partial charge is 0.495 e. The Hall–Kier alpha value is -3.48. The van der Waals surface area contributed by atoms with E-state index in [0.29, 0.717) is 29.7 Å². The van der Waals surface area contributed by atoms with Crippen molar-refractivity contribution in [2.75, 3.05) is 30.1 Å². The van der Waals surface area contributed by atoms with E-state index in [1.54, 1.807) is 7.11 Å². The van der Waals surface area contributed by atoms with Gasteiger partial charge >= 0.3 is 0 Å². The molecule has 0 aliphatic rings. The zero-order valence-electron chi connectivity index (χ0n) is 14.7. The van der Waals surface area contributed by atoms with Crippen LogP contribution in [0.15, 0.2) is 54.9 Å². The van der Waals surface area contributed by atoms with Crippen molar-refractivity contribution in [3.05, 3.63) is 54.9 Å². The van der Waals surface area contributed by atoms with Crippen molar-refractivity contribution in [2.45, 2.75) is 6.92 Å². The number of hydrogen-bond donors (Lipinski definition) is 3. The van der Waals surface area contributed by atoms with Gasteiger partial charge in [-0.2, -0.15) is 0 Å². The zero-order valence-corrected chi connectivity index (χ0v) is 14.7. The molecule has 134 valence electrons. The predicted molar refractivity (Wildman–Crippen MR) is 104 cm³/mol. The molecule has 3 rings (SSSR count). The molecule has 0 fully saturated rings. The van der Waals surface area contributed by atoms with Crippen molar-refractivity contribution in [2.24, 2.45) is 0 Å². The van der Waals surface area contributed by atoms with Crippen LogP contribution in [0.4, 0.5) is 28.7 Å². The summed E-state index contributed by atoms with van der Waals surface area (Å²) < 4.78 is 10.8. The van der Waals surface area contributed by atoms with E-state index in [2.05, 4.69) is 20.6 Å². The first-order valence-corrected chi connectivity index (χ1v) is 8.21. The summed E-state index contributed by atoms with van der Waals surface area (Å²) in [6.07, 6.45) is 1.45. The molecule has 0 amide bonds. The van der Waals surface area contributed by atoms with Gasteiger partial charge in [0.2, 0.25) is 0 Å². The summed E-state index contributed by atoms with van der Waals surface area (Å²) in [5.41, 5.74) is 8.26. The molecule has 0 aliphatic heterocycles. The van der Waals surface area contributed by atoms with Crippen molar-refractivity contribution in [3.63, 3.8) is 0 Å². The highest BCUT2D eigenvalue weighted by Gasteiger charge is 2.11. The van der Waals surface area contributed by atoms with Crippen molar-refractivity contribution in [3.8, 4) is 11.5 Å². The SMILES string of the molecule is CCOc1ccc(Nc2ncnc(Nc3ccccc3OC)c2N)cc1. The van der Waals surface area contributed by atoms with Crippen molar-refractivity contribution < 1.29 is 9.47 Å². The summed E-state index contributed by atoms with van der Waals surface area (Å²) >= 11 is 0. The number of benzene rings is 2. The van der Waals surface area contributed by atoms with Crippen LogP contribution in [0.5, 0.6) is 11.5 Å². The second kappa shape index (κ2) is 8.06. The van der Waals surface area contributed by atoms with Gasteiger partial charge in [0.15, 0.2) is 11.6 Å². The van der Waals surface area contributed by atoms with Gasteiger partial charge < -0.3 is 25.8 Å². The Morgan fingerprint density at radius 3 is 2.35 bits per heavy atom. The third-order valence-electron chi connectivity index (χ3n) is 3.67. The molecule has 0 radical (unpaired) electrons. The molecule has 4 N–H and O–H groups in total. The lowest BCUT2D eigenvalue weighted by Crippen LogP contribution is -2.05. The molecule has 0 aliphatic carbocycles. The highest BCUT2D eigenvalue weighted by Crippen LogP contribution is 2.32. The van der Waals surface area contributed by atoms with Crippen molar-refractivity contribution >= 4 is 28.7 Å². The molecule has 26 heavy (non-hydrogen) atoms. The highest BCUT2D eigenvalue weighted by molar-refractivity contribution is 5.81. The van der Waals surface area contributed by atoms with E-state index in [0.717, 1.165) is 17.1 Å². The lowest BCUT2D eigenvalue weighted by atomic mass is 10.2. The van der Waals surface area contributed by atoms with Gasteiger partial charge in [0, 0.05) is 5.69 Å². The van der Waals surface area contributed by atoms with Gasteiger partial charge in [0.05, 0.1) is 19.4 Å². The quantitative estimate of drug-likeness (QED) is 0.593. The van der Waals surface area contributed by atoms with Crippen LogP contribution < -0.4 is 25.8 Å². The number of para-hydroxylation sites is 2. The third kappa shape index (κ3) is 3.94. The molecular weight excluding hydrogens is 330 g/mol. The van der Waals surface area contributed by atoms with E-state index < -0.39 is 0 Å². The summed E-state index contributed by atoms with van der Waals surface area (Å²) in [5, 5.41) is 6.38. The fraction of sp³-hybridized carbons (Fsp3) is 0.158. The number of nitrogen functional groups attached to an aromatic ring is 1. The van der Waals surface area contributed by atoms with E-state index in [9.17, 15) is 0 Å². The first kappa shape index (κ1) is 17.3. The monoisotopic (exact) mass is 351 g/mol. The summed E-state index contributed by atoms with van der Waals surface area (Å²) in [6.45, 7) is 2.58. The minimum absolute atomic E-state index is 0.410. The maximum atomic E-state index is 6.23. The maximum Gasteiger partial charge on any atom is 0.159 e. The van der Waals surface area contributed by atoms with Gasteiger partial charge in [0.1, 0.15) is 23.5 Å². The summed E-state index contributed by atoms with van der Waals surface area (Å²) in [4.78, 5) is 8.45. The average molecular weight is 351 g/mol. The molecule has 0 spiro atoms. The van der Waals surface area contributed by atoms with Crippen molar-refractivity contribution in [1.82, 2.24) is 9.97 Å². The first-order chi connectivity index (χ1) is 12.7. The van der Waals surface area contributed by atoms with Crippen LogP contribution in [-0.4, -0.2) is 23.7 Å². The van der Waals surface area contributed by atoms with Gasteiger partial charge in [-0.3, -0.25) is 0 Å². The molecular formula is C19H21N5O2. The fourth-order valence-corrected chi connectivity index (χ4v) is 2.41. The molecule has 0 atom stereocenters. The molecule has 0 saturated heterocycles. The number of nitrogens with zero attached hydrogens (tertiary/aromatic N) is 2. The van der Waals surface area contributed by atoms with Crippen LogP contribution >= 0.6 is 0 Å². The van der Waals surface area contributed by atoms with Crippen LogP contribution in [0.2, 0.25) is 0 Å². The molecule has 3 aromatic rings. The smallest absolute Gasteiger partial charge is 0.159 e. The first-order valence-electron chi connectivity index (χ1n) is 8.21. The van der Waals surface area contributed by atoms with Gasteiger partial charge in [0.25, 0.3) is 0 Å². The Bertz CT molecular complexity index is 868. The highest BCUT2D eigenvalue weighted by atomic mass is 16.5. The fourth-order valence-electron chi connectivity index (χ4n) is 2.41. The number of methoxy groups -OCH3 is 1. The molecule has 7 heteroatoms. The summed E-state index contributed by atoms with van der Waals surface area (Å²) in [5.74, 6) is 2.53. The van der Waals surface area contributed by atoms with Crippen molar-refractivity contribution in [1.29, 1.82) is 0 Å². The topological polar surface area (TPSA) is 94.3 Å². The van der Waals surface area contributed by atoms with Gasteiger partial charge in [-0.25, -0.2) is 9.97 Å². The number of rotatable bonds is 7. The average Bonchev–Trinajstić information content (AvgIpc) is 2.67. The van der Waals surface area contributed by atoms with E-state index in [4.69, 9.17) is 15.2 Å². The molecule has 0 bridgehead atoms. The Kier molecular flexibility index (Phi) is 5.38. The Morgan fingerprint density at radius 2 is 1.65 bits per heavy atom. The number of anilines is 5. The number of nitrogens with one attached hydrogen (secondary N) is 2. The second-order valence-corrected chi connectivity index (χ2v) is 5.39. The number of aromatic nitrogens is 2. The lowest BCUT2D eigenvalue weighted by Gasteiger charge is -2.14. The number of nitrogens with two attached hydrogens (primary N) is 1. The molecule has 0 unspecified atom stereocenters. The zero-order chi connectivity index (χ0) is 18.4. The maximum absolute atomic E-state index is 6.23. The minimum atomic E-state index is 0.410. The molecule has 7 nitrogen and oxygen atoms in total. The molecule has 1 aromatic heterocycles. The summed E-state index contributed by atoms with van der Waals surface area (Å²) in [6, 6.07) is 15.1. The second-order valence-electron chi connectivity index (χ2n) is 5.39. The van der Waals surface area contributed by atoms with Crippen LogP contribution in [0.3, 0.4) is 0 Å². The normalized spacial score (nSPS) is 10.2. The number of hydrogen-bond acceptors (Lipinski definition) is 7. The van der Waals surface area contributed by atoms with E-state index in [-0.39, 0.29) is 0 Å². The van der Waals surface area contributed by atoms with Crippen LogP contribution in [0, 0.1) is 0 Å². The summed E-state index contributed by atoms with van der Waals surface area (Å²) in [7, 11) is 1.61. The van der Waals surface area contributed by atoms with Crippen LogP contribution in [0.25, 0.3) is 0 Å².